The fourth-order valence-corrected chi connectivity index (χ4v) is 4.13. The lowest BCUT2D eigenvalue weighted by Gasteiger charge is -2.08. The number of nitrogens with one attached hydrogen (secondary N) is 2. The number of halogens is 6. The number of carboxylic acid groups (broad SMARTS) is 2. The number of carbonyl (C=O) groups is 2. The van der Waals surface area contributed by atoms with Crippen molar-refractivity contribution in [1.82, 2.24) is 19.9 Å². The van der Waals surface area contributed by atoms with E-state index in [0.29, 0.717) is 22.9 Å². The van der Waals surface area contributed by atoms with Gasteiger partial charge in [0.25, 0.3) is 0 Å². The quantitative estimate of drug-likeness (QED) is 0.193. The highest BCUT2D eigenvalue weighted by Crippen LogP contribution is 2.43. The summed E-state index contributed by atoms with van der Waals surface area (Å²) in [6, 6.07) is 12.1. The number of hydrogen-bond acceptors (Lipinski definition) is 9. The van der Waals surface area contributed by atoms with Crippen molar-refractivity contribution in [3.63, 3.8) is 0 Å². The van der Waals surface area contributed by atoms with E-state index >= 15 is 0 Å². The first-order valence-electron chi connectivity index (χ1n) is 11.5. The third-order valence-corrected chi connectivity index (χ3v) is 6.50. The fourth-order valence-electron chi connectivity index (χ4n) is 3.48. The molecule has 4 N–H and O–H groups in total. The summed E-state index contributed by atoms with van der Waals surface area (Å²) in [5.74, 6) is -4.40. The smallest absolute Gasteiger partial charge is 0.475 e. The van der Waals surface area contributed by atoms with Crippen LogP contribution in [0.5, 0.6) is 0 Å². The summed E-state index contributed by atoms with van der Waals surface area (Å²) >= 11 is 0. The molecule has 0 radical (unpaired) electrons. The van der Waals surface area contributed by atoms with Gasteiger partial charge in [0.2, 0.25) is 0 Å². The second-order valence-electron chi connectivity index (χ2n) is 8.45. The summed E-state index contributed by atoms with van der Waals surface area (Å²) in [5, 5.41) is 27.2. The molecule has 0 atom stereocenters. The van der Waals surface area contributed by atoms with Crippen LogP contribution in [-0.4, -0.2) is 69.1 Å². The molecule has 0 spiro atoms. The highest BCUT2D eigenvalue weighted by molar-refractivity contribution is 7.90. The van der Waals surface area contributed by atoms with Crippen molar-refractivity contribution in [2.24, 2.45) is 0 Å². The summed E-state index contributed by atoms with van der Waals surface area (Å²) < 4.78 is 87.2. The van der Waals surface area contributed by atoms with E-state index in [4.69, 9.17) is 24.8 Å². The van der Waals surface area contributed by atoms with Crippen molar-refractivity contribution in [3.05, 3.63) is 60.6 Å². The average Bonchev–Trinajstić information content (AvgIpc) is 3.32. The maximum absolute atomic E-state index is 11.9. The predicted molar refractivity (Wildman–Crippen MR) is 139 cm³/mol. The van der Waals surface area contributed by atoms with Crippen LogP contribution < -0.4 is 5.32 Å². The first-order chi connectivity index (χ1) is 20.3. The Morgan fingerprint density at radius 1 is 0.932 bits per heavy atom. The number of hydrogen-bond donors (Lipinski definition) is 4. The van der Waals surface area contributed by atoms with Crippen LogP contribution in [0, 0.1) is 11.3 Å². The molecule has 44 heavy (non-hydrogen) atoms. The van der Waals surface area contributed by atoms with Crippen molar-refractivity contribution in [2.45, 2.75) is 17.2 Å². The lowest BCUT2D eigenvalue weighted by molar-refractivity contribution is -0.193. The van der Waals surface area contributed by atoms with Gasteiger partial charge in [0.15, 0.2) is 9.84 Å². The van der Waals surface area contributed by atoms with E-state index in [2.05, 4.69) is 26.3 Å². The van der Waals surface area contributed by atoms with Crippen LogP contribution in [0.3, 0.4) is 0 Å². The molecule has 1 aliphatic rings. The number of rotatable bonds is 2. The van der Waals surface area contributed by atoms with E-state index in [1.54, 1.807) is 24.7 Å². The SMILES string of the molecule is CS(=O)(=O)c1ccc(-c2nc3c([nH]2)-c2ccncc2Nc2ncccc2-3)c(C#N)c1.O=C(O)C(F)(F)F.O=C(O)C(F)(F)F. The molecule has 0 bridgehead atoms. The topological polar surface area (TPSA) is 199 Å². The lowest BCUT2D eigenvalue weighted by atomic mass is 10.1. The van der Waals surface area contributed by atoms with E-state index in [0.717, 1.165) is 28.8 Å². The zero-order valence-corrected chi connectivity index (χ0v) is 22.5. The Labute approximate surface area is 242 Å². The summed E-state index contributed by atoms with van der Waals surface area (Å²) in [6.45, 7) is 0. The number of imidazole rings is 1. The number of H-pyrrole nitrogens is 1. The molecule has 0 unspecified atom stereocenters. The molecule has 19 heteroatoms. The molecule has 3 aromatic heterocycles. The van der Waals surface area contributed by atoms with Crippen LogP contribution in [0.25, 0.3) is 33.9 Å². The van der Waals surface area contributed by atoms with Gasteiger partial charge in [-0.25, -0.2) is 28.0 Å². The van der Waals surface area contributed by atoms with E-state index < -0.39 is 34.1 Å². The molecular weight excluding hydrogens is 626 g/mol. The number of fused-ring (bicyclic) bond motifs is 5. The van der Waals surface area contributed by atoms with E-state index in [1.165, 1.54) is 12.1 Å². The van der Waals surface area contributed by atoms with Crippen LogP contribution in [-0.2, 0) is 19.4 Å². The Kier molecular flexibility index (Phi) is 9.29. The summed E-state index contributed by atoms with van der Waals surface area (Å²) in [5.41, 5.74) is 4.63. The number of sulfone groups is 1. The van der Waals surface area contributed by atoms with Gasteiger partial charge in [-0.05, 0) is 36.4 Å². The first-order valence-corrected chi connectivity index (χ1v) is 13.3. The zero-order chi connectivity index (χ0) is 33.0. The van der Waals surface area contributed by atoms with Gasteiger partial charge in [0.1, 0.15) is 17.3 Å². The zero-order valence-electron chi connectivity index (χ0n) is 21.7. The van der Waals surface area contributed by atoms with Gasteiger partial charge in [0, 0.05) is 35.3 Å². The van der Waals surface area contributed by atoms with Crippen molar-refractivity contribution < 1.29 is 54.6 Å². The molecule has 1 aromatic carbocycles. The lowest BCUT2D eigenvalue weighted by Crippen LogP contribution is -2.21. The number of nitrogens with zero attached hydrogens (tertiary/aromatic N) is 4. The Hall–Kier alpha value is -5.51. The van der Waals surface area contributed by atoms with Crippen LogP contribution in [0.2, 0.25) is 0 Å². The van der Waals surface area contributed by atoms with E-state index in [-0.39, 0.29) is 10.5 Å². The van der Waals surface area contributed by atoms with Gasteiger partial charge >= 0.3 is 24.3 Å². The average molecular weight is 642 g/mol. The van der Waals surface area contributed by atoms with Gasteiger partial charge in [-0.2, -0.15) is 31.6 Å². The Bertz CT molecular complexity index is 1800. The second-order valence-corrected chi connectivity index (χ2v) is 10.5. The summed E-state index contributed by atoms with van der Waals surface area (Å²) in [7, 11) is -3.43. The molecule has 5 rings (SSSR count). The number of aromatic amines is 1. The number of nitriles is 1. The molecule has 4 aromatic rings. The molecule has 1 aliphatic heterocycles. The Morgan fingerprint density at radius 3 is 2.09 bits per heavy atom. The van der Waals surface area contributed by atoms with Crippen LogP contribution >= 0.6 is 0 Å². The standard InChI is InChI=1S/C21H14N6O2S.2C2HF3O2/c1-30(28,29)13-4-5-14(12(9-13)10-22)21-26-18-15-6-8-23-11-17(15)25-20-16(19(18)27-21)3-2-7-24-20;2*3-2(4,5)1(6)7/h2-9,11H,1H3,(H,24,25)(H,26,27);2*(H,6,7). The van der Waals surface area contributed by atoms with Gasteiger partial charge in [0.05, 0.1) is 34.1 Å². The highest BCUT2D eigenvalue weighted by Gasteiger charge is 2.39. The minimum Gasteiger partial charge on any atom is -0.475 e. The van der Waals surface area contributed by atoms with Gasteiger partial charge in [-0.1, -0.05) is 0 Å². The Balaban J connectivity index is 0.000000317. The Morgan fingerprint density at radius 2 is 1.55 bits per heavy atom. The minimum atomic E-state index is -5.08. The van der Waals surface area contributed by atoms with E-state index in [9.17, 15) is 40.0 Å². The molecule has 12 nitrogen and oxygen atoms in total. The highest BCUT2D eigenvalue weighted by atomic mass is 32.2. The third-order valence-electron chi connectivity index (χ3n) is 5.39. The second kappa shape index (κ2) is 12.4. The van der Waals surface area contributed by atoms with Gasteiger partial charge in [-0.15, -0.1) is 0 Å². The normalized spacial score (nSPS) is 11.8. The number of aliphatic carboxylic acids is 2. The largest absolute Gasteiger partial charge is 0.490 e. The minimum absolute atomic E-state index is 0.0890. The van der Waals surface area contributed by atoms with E-state index in [1.807, 2.05) is 18.2 Å². The fraction of sp³-hybridized carbons (Fsp3) is 0.120. The van der Waals surface area contributed by atoms with Crippen molar-refractivity contribution in [3.8, 4) is 40.0 Å². The van der Waals surface area contributed by atoms with Gasteiger partial charge < -0.3 is 20.5 Å². The third kappa shape index (κ3) is 7.65. The van der Waals surface area contributed by atoms with Crippen molar-refractivity contribution >= 4 is 33.3 Å². The van der Waals surface area contributed by atoms with Gasteiger partial charge in [-0.3, -0.25) is 4.98 Å². The molecular formula is C25H16F6N6O6S. The van der Waals surface area contributed by atoms with Crippen LogP contribution in [0.4, 0.5) is 37.8 Å². The summed E-state index contributed by atoms with van der Waals surface area (Å²) in [4.78, 5) is 34.6. The summed E-state index contributed by atoms with van der Waals surface area (Å²) in [6.07, 6.45) is -3.96. The predicted octanol–water partition coefficient (Wildman–Crippen LogP) is 4.80. The van der Waals surface area contributed by atoms with Crippen LogP contribution in [0.1, 0.15) is 5.56 Å². The molecule has 0 aliphatic carbocycles. The molecule has 0 fully saturated rings. The first kappa shape index (κ1) is 33.0. The molecule has 4 heterocycles. The molecule has 230 valence electrons. The number of anilines is 2. The number of benzene rings is 1. The molecule has 0 saturated carbocycles. The number of carboxylic acids is 2. The van der Waals surface area contributed by atoms with Crippen LogP contribution in [0.15, 0.2) is 59.9 Å². The molecule has 0 amide bonds. The maximum atomic E-state index is 11.9. The van der Waals surface area contributed by atoms with Crippen molar-refractivity contribution in [1.29, 1.82) is 5.26 Å². The maximum Gasteiger partial charge on any atom is 0.490 e. The number of pyridine rings is 2. The molecule has 0 saturated heterocycles. The monoisotopic (exact) mass is 642 g/mol. The number of alkyl halides is 6. The number of aromatic nitrogens is 4. The van der Waals surface area contributed by atoms with Crippen molar-refractivity contribution in [2.75, 3.05) is 11.6 Å².